The van der Waals surface area contributed by atoms with Crippen LogP contribution in [0.2, 0.25) is 0 Å². The molecule has 0 aliphatic carbocycles. The second-order valence-electron chi connectivity index (χ2n) is 11.2. The predicted octanol–water partition coefficient (Wildman–Crippen LogP) is 3.57. The number of fused-ring (bicyclic) bond motifs is 1. The molecule has 1 aliphatic heterocycles. The van der Waals surface area contributed by atoms with Gasteiger partial charge in [0.1, 0.15) is 11.9 Å². The number of nitrogens with zero attached hydrogens (tertiary/aromatic N) is 2. The highest BCUT2D eigenvalue weighted by atomic mass is 32.2. The van der Waals surface area contributed by atoms with Crippen molar-refractivity contribution in [3.63, 3.8) is 0 Å². The van der Waals surface area contributed by atoms with Crippen LogP contribution in [0.15, 0.2) is 76.5 Å². The molecular weight excluding hydrogens is 590 g/mol. The monoisotopic (exact) mass is 629 g/mol. The zero-order chi connectivity index (χ0) is 31.5. The molecule has 1 heterocycles. The van der Waals surface area contributed by atoms with Crippen LogP contribution >= 0.6 is 0 Å². The summed E-state index contributed by atoms with van der Waals surface area (Å²) in [5, 5.41) is 9.89. The van der Waals surface area contributed by atoms with Crippen molar-refractivity contribution in [1.29, 1.82) is 0 Å². The fraction of sp³-hybridized carbons (Fsp3) is 0.387. The van der Waals surface area contributed by atoms with E-state index in [4.69, 9.17) is 4.74 Å². The normalized spacial score (nSPS) is 18.7. The van der Waals surface area contributed by atoms with Gasteiger partial charge >= 0.3 is 0 Å². The number of sulfonamides is 2. The number of anilines is 1. The lowest BCUT2D eigenvalue weighted by Gasteiger charge is -2.33. The van der Waals surface area contributed by atoms with Gasteiger partial charge in [0, 0.05) is 30.8 Å². The van der Waals surface area contributed by atoms with E-state index in [1.807, 2.05) is 20.8 Å². The van der Waals surface area contributed by atoms with Gasteiger partial charge in [-0.1, -0.05) is 42.3 Å². The molecule has 0 bridgehead atoms. The quantitative estimate of drug-likeness (QED) is 0.370. The molecular formula is C31H39N3O7S2. The van der Waals surface area contributed by atoms with Gasteiger partial charge in [0.05, 0.1) is 35.4 Å². The summed E-state index contributed by atoms with van der Waals surface area (Å²) < 4.78 is 63.1. The van der Waals surface area contributed by atoms with E-state index >= 15 is 0 Å². The van der Waals surface area contributed by atoms with E-state index in [1.165, 1.54) is 23.5 Å². The zero-order valence-electron chi connectivity index (χ0n) is 25.0. The van der Waals surface area contributed by atoms with Gasteiger partial charge in [-0.2, -0.15) is 4.31 Å². The number of hydrogen-bond donors (Lipinski definition) is 2. The fourth-order valence-electron chi connectivity index (χ4n) is 4.88. The topological polar surface area (TPSA) is 133 Å². The molecule has 0 radical (unpaired) electrons. The first-order chi connectivity index (χ1) is 20.2. The van der Waals surface area contributed by atoms with Gasteiger partial charge in [0.2, 0.25) is 15.9 Å². The van der Waals surface area contributed by atoms with Crippen molar-refractivity contribution in [2.24, 2.45) is 5.92 Å². The minimum atomic E-state index is -3.90. The average molecular weight is 630 g/mol. The third-order valence-electron chi connectivity index (χ3n) is 7.67. The molecule has 43 heavy (non-hydrogen) atoms. The average Bonchev–Trinajstić information content (AvgIpc) is 3.00. The number of aryl methyl sites for hydroxylation is 2. The van der Waals surface area contributed by atoms with Gasteiger partial charge in [-0.15, -0.1) is 0 Å². The molecule has 0 fully saturated rings. The molecule has 4 rings (SSSR count). The number of hydrogen-bond acceptors (Lipinski definition) is 7. The standard InChI is InChI=1S/C31H39N3O7S2/c1-21-6-11-27(12-7-21)42(37,38)32-26-10-15-29-25(16-26)17-31(36)34(24(4)20-35)18-23(3)30(41-29)19-33(5)43(39,40)28-13-8-22(2)9-14-28/h6-16,23-24,30,32,35H,17-20H2,1-5H3/t23-,24+,30-/m1/s1. The number of aliphatic hydroxyl groups excluding tert-OH is 1. The maximum atomic E-state index is 13.5. The van der Waals surface area contributed by atoms with E-state index in [1.54, 1.807) is 66.4 Å². The zero-order valence-corrected chi connectivity index (χ0v) is 26.7. The summed E-state index contributed by atoms with van der Waals surface area (Å²) in [7, 11) is -6.24. The fourth-order valence-corrected chi connectivity index (χ4v) is 7.12. The molecule has 2 N–H and O–H groups in total. The van der Waals surface area contributed by atoms with Crippen molar-refractivity contribution in [3.8, 4) is 5.75 Å². The SMILES string of the molecule is Cc1ccc(S(=O)(=O)Nc2ccc3c(c2)CC(=O)N([C@@H](C)CO)C[C@@H](C)[C@@H](CN(C)S(=O)(=O)c2ccc(C)cc2)O3)cc1. The second-order valence-corrected chi connectivity index (χ2v) is 15.0. The van der Waals surface area contributed by atoms with Crippen LogP contribution in [-0.2, 0) is 31.3 Å². The predicted molar refractivity (Wildman–Crippen MR) is 165 cm³/mol. The maximum Gasteiger partial charge on any atom is 0.261 e. The molecule has 3 aromatic carbocycles. The molecule has 10 nitrogen and oxygen atoms in total. The van der Waals surface area contributed by atoms with E-state index in [-0.39, 0.29) is 53.4 Å². The summed E-state index contributed by atoms with van der Waals surface area (Å²) in [6, 6.07) is 17.3. The number of amides is 1. The van der Waals surface area contributed by atoms with Gasteiger partial charge in [0.15, 0.2) is 0 Å². The molecule has 1 aliphatic rings. The molecule has 0 unspecified atom stereocenters. The molecule has 0 aromatic heterocycles. The van der Waals surface area contributed by atoms with Gasteiger partial charge in [0.25, 0.3) is 10.0 Å². The molecule has 0 saturated carbocycles. The highest BCUT2D eigenvalue weighted by Gasteiger charge is 2.33. The number of carbonyl (C=O) groups is 1. The Morgan fingerprint density at radius 3 is 2.14 bits per heavy atom. The van der Waals surface area contributed by atoms with Crippen molar-refractivity contribution < 1.29 is 31.5 Å². The Labute approximate surface area is 254 Å². The Morgan fingerprint density at radius 2 is 1.56 bits per heavy atom. The third kappa shape index (κ3) is 7.56. The van der Waals surface area contributed by atoms with Crippen LogP contribution in [0.5, 0.6) is 5.75 Å². The molecule has 3 atom stereocenters. The molecule has 232 valence electrons. The first-order valence-corrected chi connectivity index (χ1v) is 17.0. The van der Waals surface area contributed by atoms with Crippen molar-refractivity contribution in [2.45, 2.75) is 56.1 Å². The highest BCUT2D eigenvalue weighted by molar-refractivity contribution is 7.92. The van der Waals surface area contributed by atoms with Gasteiger partial charge in [-0.05, 0) is 63.2 Å². The van der Waals surface area contributed by atoms with Crippen molar-refractivity contribution in [1.82, 2.24) is 9.21 Å². The third-order valence-corrected chi connectivity index (χ3v) is 10.9. The molecule has 1 amide bonds. The van der Waals surface area contributed by atoms with E-state index in [2.05, 4.69) is 4.72 Å². The first-order valence-electron chi connectivity index (χ1n) is 14.0. The van der Waals surface area contributed by atoms with E-state index < -0.39 is 32.2 Å². The molecule has 3 aromatic rings. The van der Waals surface area contributed by atoms with E-state index in [0.717, 1.165) is 11.1 Å². The Balaban J connectivity index is 1.68. The minimum Gasteiger partial charge on any atom is -0.488 e. The minimum absolute atomic E-state index is 0.00580. The lowest BCUT2D eigenvalue weighted by Crippen LogP contribution is -2.48. The number of rotatable bonds is 9. The molecule has 0 spiro atoms. The van der Waals surface area contributed by atoms with Crippen molar-refractivity contribution in [3.05, 3.63) is 83.4 Å². The van der Waals surface area contributed by atoms with E-state index in [0.29, 0.717) is 11.3 Å². The summed E-state index contributed by atoms with van der Waals surface area (Å²) in [5.41, 5.74) is 2.55. The number of carbonyl (C=O) groups excluding carboxylic acids is 1. The van der Waals surface area contributed by atoms with Crippen LogP contribution in [-0.4, -0.2) is 75.9 Å². The largest absolute Gasteiger partial charge is 0.488 e. The highest BCUT2D eigenvalue weighted by Crippen LogP contribution is 2.30. The Hall–Kier alpha value is -3.45. The summed E-state index contributed by atoms with van der Waals surface area (Å²) in [4.78, 5) is 15.3. The Kier molecular flexibility index (Phi) is 9.85. The first kappa shape index (κ1) is 32.5. The van der Waals surface area contributed by atoms with Crippen LogP contribution in [0.25, 0.3) is 0 Å². The van der Waals surface area contributed by atoms with Crippen molar-refractivity contribution in [2.75, 3.05) is 31.5 Å². The second kappa shape index (κ2) is 13.0. The summed E-state index contributed by atoms with van der Waals surface area (Å²) >= 11 is 0. The molecule has 0 saturated heterocycles. The van der Waals surface area contributed by atoms with Crippen LogP contribution in [0, 0.1) is 19.8 Å². The van der Waals surface area contributed by atoms with E-state index in [9.17, 15) is 26.7 Å². The summed E-state index contributed by atoms with van der Waals surface area (Å²) in [5.74, 6) is -0.236. The smallest absolute Gasteiger partial charge is 0.261 e. The van der Waals surface area contributed by atoms with Crippen LogP contribution < -0.4 is 9.46 Å². The van der Waals surface area contributed by atoms with Crippen LogP contribution in [0.3, 0.4) is 0 Å². The number of aliphatic hydroxyl groups is 1. The molecule has 12 heteroatoms. The number of nitrogens with one attached hydrogen (secondary N) is 1. The number of ether oxygens (including phenoxy) is 1. The Bertz CT molecular complexity index is 1660. The maximum absolute atomic E-state index is 13.5. The van der Waals surface area contributed by atoms with Gasteiger partial charge < -0.3 is 14.7 Å². The number of likely N-dealkylation sites (N-methyl/N-ethyl adjacent to an activating group) is 1. The summed E-state index contributed by atoms with van der Waals surface area (Å²) in [6.45, 7) is 7.32. The summed E-state index contributed by atoms with van der Waals surface area (Å²) in [6.07, 6.45) is -0.769. The number of benzene rings is 3. The van der Waals surface area contributed by atoms with Gasteiger partial charge in [-0.25, -0.2) is 16.8 Å². The van der Waals surface area contributed by atoms with Crippen LogP contribution in [0.4, 0.5) is 5.69 Å². The lowest BCUT2D eigenvalue weighted by molar-refractivity contribution is -0.134. The van der Waals surface area contributed by atoms with Crippen molar-refractivity contribution >= 4 is 31.6 Å². The lowest BCUT2D eigenvalue weighted by atomic mass is 10.0. The van der Waals surface area contributed by atoms with Gasteiger partial charge in [-0.3, -0.25) is 9.52 Å². The Morgan fingerprint density at radius 1 is 0.977 bits per heavy atom. The van der Waals surface area contributed by atoms with Crippen LogP contribution in [0.1, 0.15) is 30.5 Å².